The van der Waals surface area contributed by atoms with Crippen LogP contribution in [0.3, 0.4) is 0 Å². The van der Waals surface area contributed by atoms with E-state index in [9.17, 15) is 9.18 Å². The van der Waals surface area contributed by atoms with E-state index in [-0.39, 0.29) is 5.56 Å². The monoisotopic (exact) mass is 223 g/mol. The van der Waals surface area contributed by atoms with Crippen LogP contribution in [-0.2, 0) is 0 Å². The van der Waals surface area contributed by atoms with E-state index in [2.05, 4.69) is 10.4 Å². The summed E-state index contributed by atoms with van der Waals surface area (Å²) >= 11 is 0. The quantitative estimate of drug-likeness (QED) is 0.770. The Kier molecular flexibility index (Phi) is 3.46. The molecule has 1 aliphatic rings. The van der Waals surface area contributed by atoms with Gasteiger partial charge in [0.05, 0.1) is 5.56 Å². The van der Waals surface area contributed by atoms with Crippen molar-refractivity contribution in [3.8, 4) is 0 Å². The van der Waals surface area contributed by atoms with Crippen LogP contribution in [0.25, 0.3) is 0 Å². The van der Waals surface area contributed by atoms with Crippen LogP contribution >= 0.6 is 0 Å². The number of pyridine rings is 1. The Morgan fingerprint density at radius 1 is 1.38 bits per heavy atom. The van der Waals surface area contributed by atoms with Crippen LogP contribution in [0.15, 0.2) is 18.3 Å². The standard InChI is InChI=1S/C11H14FN3O/c12-10-9(5-4-6-13-10)11(16)14-15-7-2-1-3-8-15/h4-6H,1-3,7-8H2,(H,14,16). The number of rotatable bonds is 2. The van der Waals surface area contributed by atoms with Crippen molar-refractivity contribution in [2.75, 3.05) is 13.1 Å². The van der Waals surface area contributed by atoms with E-state index < -0.39 is 11.9 Å². The van der Waals surface area contributed by atoms with Gasteiger partial charge >= 0.3 is 0 Å². The third-order valence-corrected chi connectivity index (χ3v) is 2.62. The molecule has 0 bridgehead atoms. The zero-order chi connectivity index (χ0) is 11.4. The Labute approximate surface area is 93.4 Å². The van der Waals surface area contributed by atoms with Crippen LogP contribution < -0.4 is 5.43 Å². The summed E-state index contributed by atoms with van der Waals surface area (Å²) in [6.07, 6.45) is 4.65. The number of aromatic nitrogens is 1. The summed E-state index contributed by atoms with van der Waals surface area (Å²) in [7, 11) is 0. The fourth-order valence-corrected chi connectivity index (χ4v) is 1.76. The first-order chi connectivity index (χ1) is 7.77. The molecule has 86 valence electrons. The number of hydrogen-bond donors (Lipinski definition) is 1. The van der Waals surface area contributed by atoms with Gasteiger partial charge in [0, 0.05) is 19.3 Å². The second kappa shape index (κ2) is 5.03. The third kappa shape index (κ3) is 2.55. The molecule has 2 rings (SSSR count). The van der Waals surface area contributed by atoms with Gasteiger partial charge in [0.1, 0.15) is 0 Å². The summed E-state index contributed by atoms with van der Waals surface area (Å²) in [6, 6.07) is 2.98. The lowest BCUT2D eigenvalue weighted by atomic mass is 10.2. The van der Waals surface area contributed by atoms with Crippen molar-refractivity contribution in [3.63, 3.8) is 0 Å². The first-order valence-corrected chi connectivity index (χ1v) is 5.44. The van der Waals surface area contributed by atoms with E-state index in [4.69, 9.17) is 0 Å². The summed E-state index contributed by atoms with van der Waals surface area (Å²) < 4.78 is 13.2. The maximum Gasteiger partial charge on any atom is 0.270 e. The molecule has 2 heterocycles. The highest BCUT2D eigenvalue weighted by molar-refractivity contribution is 5.93. The normalized spacial score (nSPS) is 17.1. The van der Waals surface area contributed by atoms with Gasteiger partial charge in [-0.2, -0.15) is 4.39 Å². The largest absolute Gasteiger partial charge is 0.285 e. The van der Waals surface area contributed by atoms with E-state index in [1.807, 2.05) is 5.01 Å². The van der Waals surface area contributed by atoms with Gasteiger partial charge in [0.15, 0.2) is 0 Å². The van der Waals surface area contributed by atoms with Crippen molar-refractivity contribution in [3.05, 3.63) is 29.8 Å². The molecule has 5 heteroatoms. The van der Waals surface area contributed by atoms with Gasteiger partial charge < -0.3 is 0 Å². The van der Waals surface area contributed by atoms with Crippen LogP contribution in [-0.4, -0.2) is 29.0 Å². The average Bonchev–Trinajstić information content (AvgIpc) is 2.31. The lowest BCUT2D eigenvalue weighted by Gasteiger charge is -2.26. The third-order valence-electron chi connectivity index (χ3n) is 2.62. The summed E-state index contributed by atoms with van der Waals surface area (Å²) in [5, 5.41) is 1.83. The molecule has 0 radical (unpaired) electrons. The molecular weight excluding hydrogens is 209 g/mol. The van der Waals surface area contributed by atoms with E-state index in [1.165, 1.54) is 18.7 Å². The van der Waals surface area contributed by atoms with Crippen LogP contribution in [0.1, 0.15) is 29.6 Å². The molecule has 0 aliphatic carbocycles. The fraction of sp³-hybridized carbons (Fsp3) is 0.455. The van der Waals surface area contributed by atoms with Crippen LogP contribution in [0.4, 0.5) is 4.39 Å². The summed E-state index contributed by atoms with van der Waals surface area (Å²) in [6.45, 7) is 1.65. The molecule has 0 saturated carbocycles. The molecule has 16 heavy (non-hydrogen) atoms. The number of halogens is 1. The predicted octanol–water partition coefficient (Wildman–Crippen LogP) is 1.35. The van der Waals surface area contributed by atoms with Gasteiger partial charge in [-0.3, -0.25) is 10.2 Å². The average molecular weight is 223 g/mol. The Morgan fingerprint density at radius 2 is 2.12 bits per heavy atom. The highest BCUT2D eigenvalue weighted by atomic mass is 19.1. The SMILES string of the molecule is O=C(NN1CCCCC1)c1cccnc1F. The highest BCUT2D eigenvalue weighted by Crippen LogP contribution is 2.08. The Hall–Kier alpha value is -1.49. The topological polar surface area (TPSA) is 45.2 Å². The minimum absolute atomic E-state index is 0.00641. The molecule has 1 amide bonds. The van der Waals surface area contributed by atoms with Crippen molar-refractivity contribution in [1.82, 2.24) is 15.4 Å². The van der Waals surface area contributed by atoms with Crippen molar-refractivity contribution in [2.45, 2.75) is 19.3 Å². The minimum Gasteiger partial charge on any atom is -0.285 e. The fourth-order valence-electron chi connectivity index (χ4n) is 1.76. The molecule has 1 aromatic heterocycles. The molecule has 0 spiro atoms. The van der Waals surface area contributed by atoms with Crippen molar-refractivity contribution < 1.29 is 9.18 Å². The second-order valence-electron chi connectivity index (χ2n) is 3.83. The molecule has 0 unspecified atom stereocenters. The van der Waals surface area contributed by atoms with Crippen LogP contribution in [0.2, 0.25) is 0 Å². The first kappa shape index (κ1) is 11.0. The molecule has 1 saturated heterocycles. The Morgan fingerprint density at radius 3 is 2.81 bits per heavy atom. The van der Waals surface area contributed by atoms with Gasteiger partial charge in [0.2, 0.25) is 5.95 Å². The number of piperidine rings is 1. The van der Waals surface area contributed by atoms with Crippen molar-refractivity contribution >= 4 is 5.91 Å². The second-order valence-corrected chi connectivity index (χ2v) is 3.83. The van der Waals surface area contributed by atoms with Crippen molar-refractivity contribution in [1.29, 1.82) is 0 Å². The van der Waals surface area contributed by atoms with Gasteiger partial charge in [-0.25, -0.2) is 9.99 Å². The maximum atomic E-state index is 13.2. The summed E-state index contributed by atoms with van der Waals surface area (Å²) in [5.74, 6) is -1.15. The highest BCUT2D eigenvalue weighted by Gasteiger charge is 2.16. The summed E-state index contributed by atoms with van der Waals surface area (Å²) in [4.78, 5) is 15.1. The molecule has 1 N–H and O–H groups in total. The van der Waals surface area contributed by atoms with Gasteiger partial charge in [-0.15, -0.1) is 0 Å². The number of nitrogens with zero attached hydrogens (tertiary/aromatic N) is 2. The number of carbonyl (C=O) groups excluding carboxylic acids is 1. The Bertz CT molecular complexity index is 377. The number of nitrogens with one attached hydrogen (secondary N) is 1. The molecule has 1 aliphatic heterocycles. The van der Waals surface area contributed by atoms with Gasteiger partial charge in [-0.05, 0) is 25.0 Å². The molecule has 1 aromatic rings. The first-order valence-electron chi connectivity index (χ1n) is 5.44. The van der Waals surface area contributed by atoms with Crippen LogP contribution in [0.5, 0.6) is 0 Å². The van der Waals surface area contributed by atoms with E-state index in [0.717, 1.165) is 25.9 Å². The van der Waals surface area contributed by atoms with Gasteiger partial charge in [-0.1, -0.05) is 6.42 Å². The van der Waals surface area contributed by atoms with E-state index in [1.54, 1.807) is 6.07 Å². The predicted molar refractivity (Wildman–Crippen MR) is 57.1 cm³/mol. The lowest BCUT2D eigenvalue weighted by molar-refractivity contribution is 0.0745. The molecule has 1 fully saturated rings. The number of hydrogen-bond acceptors (Lipinski definition) is 3. The maximum absolute atomic E-state index is 13.2. The number of hydrazine groups is 1. The van der Waals surface area contributed by atoms with E-state index >= 15 is 0 Å². The van der Waals surface area contributed by atoms with Crippen LogP contribution in [0, 0.1) is 5.95 Å². The van der Waals surface area contributed by atoms with Crippen molar-refractivity contribution in [2.24, 2.45) is 0 Å². The molecule has 0 aromatic carbocycles. The number of amides is 1. The van der Waals surface area contributed by atoms with E-state index in [0.29, 0.717) is 0 Å². The minimum atomic E-state index is -0.725. The molecule has 0 atom stereocenters. The lowest BCUT2D eigenvalue weighted by Crippen LogP contribution is -2.45. The Balaban J connectivity index is 2.00. The van der Waals surface area contributed by atoms with Gasteiger partial charge in [0.25, 0.3) is 5.91 Å². The zero-order valence-corrected chi connectivity index (χ0v) is 8.95. The summed E-state index contributed by atoms with van der Waals surface area (Å²) in [5.41, 5.74) is 2.68. The molecule has 4 nitrogen and oxygen atoms in total. The smallest absolute Gasteiger partial charge is 0.270 e. The molecular formula is C11H14FN3O. The number of carbonyl (C=O) groups is 1. The zero-order valence-electron chi connectivity index (χ0n) is 8.95.